The highest BCUT2D eigenvalue weighted by molar-refractivity contribution is 5.85. The molecule has 0 radical (unpaired) electrons. The molecule has 0 bridgehead atoms. The SMILES string of the molecule is N#CCCNc1ccc2ccccc2c1. The van der Waals surface area contributed by atoms with Crippen molar-refractivity contribution in [2.75, 3.05) is 11.9 Å². The van der Waals surface area contributed by atoms with Crippen LogP contribution < -0.4 is 5.32 Å². The second-order valence-electron chi connectivity index (χ2n) is 3.40. The fraction of sp³-hybridized carbons (Fsp3) is 0.154. The summed E-state index contributed by atoms with van der Waals surface area (Å²) < 4.78 is 0. The van der Waals surface area contributed by atoms with Gasteiger partial charge in [0.05, 0.1) is 12.5 Å². The fourth-order valence-electron chi connectivity index (χ4n) is 1.56. The molecular formula is C13H12N2. The number of nitriles is 1. The molecule has 0 unspecified atom stereocenters. The summed E-state index contributed by atoms with van der Waals surface area (Å²) in [6.07, 6.45) is 0.535. The molecule has 2 nitrogen and oxygen atoms in total. The van der Waals surface area contributed by atoms with Gasteiger partial charge in [0, 0.05) is 12.2 Å². The molecule has 74 valence electrons. The van der Waals surface area contributed by atoms with Gasteiger partial charge in [0.1, 0.15) is 0 Å². The minimum absolute atomic E-state index is 0.535. The van der Waals surface area contributed by atoms with Crippen LogP contribution in [0, 0.1) is 11.3 Å². The molecule has 0 fully saturated rings. The number of anilines is 1. The molecule has 0 saturated carbocycles. The number of benzene rings is 2. The molecule has 0 aliphatic rings. The van der Waals surface area contributed by atoms with Gasteiger partial charge in [-0.25, -0.2) is 0 Å². The van der Waals surface area contributed by atoms with Gasteiger partial charge in [-0.1, -0.05) is 30.3 Å². The molecule has 0 aliphatic carbocycles. The first-order valence-corrected chi connectivity index (χ1v) is 5.00. The molecule has 0 spiro atoms. The van der Waals surface area contributed by atoms with E-state index in [1.165, 1.54) is 10.8 Å². The molecule has 2 rings (SSSR count). The van der Waals surface area contributed by atoms with Crippen molar-refractivity contribution >= 4 is 16.5 Å². The highest BCUT2D eigenvalue weighted by atomic mass is 14.9. The monoisotopic (exact) mass is 196 g/mol. The van der Waals surface area contributed by atoms with E-state index in [9.17, 15) is 0 Å². The van der Waals surface area contributed by atoms with E-state index in [2.05, 4.69) is 35.7 Å². The van der Waals surface area contributed by atoms with E-state index in [-0.39, 0.29) is 0 Å². The summed E-state index contributed by atoms with van der Waals surface area (Å²) in [5.74, 6) is 0. The van der Waals surface area contributed by atoms with Crippen LogP contribution in [0.1, 0.15) is 6.42 Å². The zero-order valence-electron chi connectivity index (χ0n) is 8.40. The Morgan fingerprint density at radius 1 is 1.07 bits per heavy atom. The van der Waals surface area contributed by atoms with Gasteiger partial charge in [0.15, 0.2) is 0 Å². The summed E-state index contributed by atoms with van der Waals surface area (Å²) in [5, 5.41) is 14.1. The predicted octanol–water partition coefficient (Wildman–Crippen LogP) is 3.17. The summed E-state index contributed by atoms with van der Waals surface area (Å²) in [6.45, 7) is 0.703. The second kappa shape index (κ2) is 4.47. The first kappa shape index (κ1) is 9.54. The van der Waals surface area contributed by atoms with Crippen molar-refractivity contribution in [3.05, 3.63) is 42.5 Å². The van der Waals surface area contributed by atoms with E-state index in [1.807, 2.05) is 18.2 Å². The zero-order valence-corrected chi connectivity index (χ0v) is 8.40. The van der Waals surface area contributed by atoms with E-state index in [0.717, 1.165) is 5.69 Å². The van der Waals surface area contributed by atoms with Gasteiger partial charge in [-0.3, -0.25) is 0 Å². The Bertz CT molecular complexity index is 497. The molecule has 0 amide bonds. The standard InChI is InChI=1S/C13H12N2/c14-8-3-9-15-13-7-6-11-4-1-2-5-12(11)10-13/h1-2,4-7,10,15H,3,9H2. The first-order chi connectivity index (χ1) is 7.40. The van der Waals surface area contributed by atoms with Crippen molar-refractivity contribution in [3.63, 3.8) is 0 Å². The number of hydrogen-bond donors (Lipinski definition) is 1. The van der Waals surface area contributed by atoms with Gasteiger partial charge < -0.3 is 5.32 Å². The Kier molecular flexibility index (Phi) is 2.85. The smallest absolute Gasteiger partial charge is 0.0640 e. The third kappa shape index (κ3) is 2.26. The van der Waals surface area contributed by atoms with Gasteiger partial charge >= 0.3 is 0 Å². The lowest BCUT2D eigenvalue weighted by Crippen LogP contribution is -1.99. The fourth-order valence-corrected chi connectivity index (χ4v) is 1.56. The van der Waals surface area contributed by atoms with Crippen LogP contribution in [0.2, 0.25) is 0 Å². The van der Waals surface area contributed by atoms with Crippen molar-refractivity contribution in [1.29, 1.82) is 5.26 Å². The summed E-state index contributed by atoms with van der Waals surface area (Å²) in [7, 11) is 0. The van der Waals surface area contributed by atoms with Crippen LogP contribution in [0.5, 0.6) is 0 Å². The predicted molar refractivity (Wildman–Crippen MR) is 62.7 cm³/mol. The lowest BCUT2D eigenvalue weighted by Gasteiger charge is -2.05. The lowest BCUT2D eigenvalue weighted by molar-refractivity contribution is 1.08. The summed E-state index contributed by atoms with van der Waals surface area (Å²) in [6, 6.07) is 16.6. The molecule has 0 aromatic heterocycles. The molecular weight excluding hydrogens is 184 g/mol. The van der Waals surface area contributed by atoms with Crippen LogP contribution >= 0.6 is 0 Å². The largest absolute Gasteiger partial charge is 0.384 e. The van der Waals surface area contributed by atoms with Gasteiger partial charge in [0.25, 0.3) is 0 Å². The van der Waals surface area contributed by atoms with Gasteiger partial charge in [-0.2, -0.15) is 5.26 Å². The molecule has 15 heavy (non-hydrogen) atoms. The third-order valence-electron chi connectivity index (χ3n) is 2.32. The Balaban J connectivity index is 2.20. The van der Waals surface area contributed by atoms with Crippen LogP contribution in [-0.4, -0.2) is 6.54 Å². The van der Waals surface area contributed by atoms with E-state index >= 15 is 0 Å². The Labute approximate surface area is 89.2 Å². The van der Waals surface area contributed by atoms with Crippen LogP contribution in [0.25, 0.3) is 10.8 Å². The van der Waals surface area contributed by atoms with Gasteiger partial charge in [-0.05, 0) is 22.9 Å². The van der Waals surface area contributed by atoms with Crippen molar-refractivity contribution < 1.29 is 0 Å². The van der Waals surface area contributed by atoms with Crippen molar-refractivity contribution in [1.82, 2.24) is 0 Å². The maximum absolute atomic E-state index is 8.43. The molecule has 2 aromatic rings. The van der Waals surface area contributed by atoms with Crippen LogP contribution in [0.3, 0.4) is 0 Å². The zero-order chi connectivity index (χ0) is 10.5. The van der Waals surface area contributed by atoms with Crippen molar-refractivity contribution in [2.45, 2.75) is 6.42 Å². The van der Waals surface area contributed by atoms with E-state index in [4.69, 9.17) is 5.26 Å². The number of hydrogen-bond acceptors (Lipinski definition) is 2. The lowest BCUT2D eigenvalue weighted by atomic mass is 10.1. The first-order valence-electron chi connectivity index (χ1n) is 5.00. The maximum Gasteiger partial charge on any atom is 0.0640 e. The number of rotatable bonds is 3. The molecule has 0 heterocycles. The molecule has 0 atom stereocenters. The van der Waals surface area contributed by atoms with Crippen LogP contribution in [0.4, 0.5) is 5.69 Å². The third-order valence-corrected chi connectivity index (χ3v) is 2.32. The van der Waals surface area contributed by atoms with Gasteiger partial charge in [0.2, 0.25) is 0 Å². The maximum atomic E-state index is 8.43. The quantitative estimate of drug-likeness (QED) is 0.765. The van der Waals surface area contributed by atoms with Crippen molar-refractivity contribution in [3.8, 4) is 6.07 Å². The Morgan fingerprint density at radius 3 is 2.67 bits per heavy atom. The average Bonchev–Trinajstić information content (AvgIpc) is 2.29. The molecule has 2 heteroatoms. The van der Waals surface area contributed by atoms with Crippen molar-refractivity contribution in [2.24, 2.45) is 0 Å². The Morgan fingerprint density at radius 2 is 1.87 bits per heavy atom. The van der Waals surface area contributed by atoms with Gasteiger partial charge in [-0.15, -0.1) is 0 Å². The summed E-state index contributed by atoms with van der Waals surface area (Å²) in [4.78, 5) is 0. The number of nitrogens with zero attached hydrogens (tertiary/aromatic N) is 1. The molecule has 1 N–H and O–H groups in total. The van der Waals surface area contributed by atoms with Crippen LogP contribution in [-0.2, 0) is 0 Å². The minimum Gasteiger partial charge on any atom is -0.384 e. The minimum atomic E-state index is 0.535. The highest BCUT2D eigenvalue weighted by Crippen LogP contribution is 2.18. The molecule has 0 saturated heterocycles. The highest BCUT2D eigenvalue weighted by Gasteiger charge is 1.94. The van der Waals surface area contributed by atoms with E-state index in [0.29, 0.717) is 13.0 Å². The summed E-state index contributed by atoms with van der Waals surface area (Å²) >= 11 is 0. The normalized spacial score (nSPS) is 9.80. The number of fused-ring (bicyclic) bond motifs is 1. The molecule has 0 aliphatic heterocycles. The Hall–Kier alpha value is -2.01. The number of nitrogens with one attached hydrogen (secondary N) is 1. The topological polar surface area (TPSA) is 35.8 Å². The molecule has 2 aromatic carbocycles. The summed E-state index contributed by atoms with van der Waals surface area (Å²) in [5.41, 5.74) is 1.07. The van der Waals surface area contributed by atoms with Crippen LogP contribution in [0.15, 0.2) is 42.5 Å². The second-order valence-corrected chi connectivity index (χ2v) is 3.40. The van der Waals surface area contributed by atoms with E-state index < -0.39 is 0 Å². The average molecular weight is 196 g/mol. The van der Waals surface area contributed by atoms with E-state index in [1.54, 1.807) is 0 Å².